The van der Waals surface area contributed by atoms with Crippen LogP contribution in [-0.4, -0.2) is 62.6 Å². The van der Waals surface area contributed by atoms with E-state index in [2.05, 4.69) is 0 Å². The highest BCUT2D eigenvalue weighted by Crippen LogP contribution is 2.41. The third kappa shape index (κ3) is 8.23. The Bertz CT molecular complexity index is 1280. The summed E-state index contributed by atoms with van der Waals surface area (Å²) in [6, 6.07) is 21.2. The van der Waals surface area contributed by atoms with Gasteiger partial charge in [0.25, 0.3) is 0 Å². The molecule has 0 fully saturated rings. The van der Waals surface area contributed by atoms with E-state index >= 15 is 0 Å². The topological polar surface area (TPSA) is 120 Å². The number of ether oxygens (including phenoxy) is 4. The van der Waals surface area contributed by atoms with Crippen molar-refractivity contribution in [3.05, 3.63) is 95.6 Å². The Kier molecular flexibility index (Phi) is 10.9. The van der Waals surface area contributed by atoms with Gasteiger partial charge in [0.05, 0.1) is 39.7 Å². The van der Waals surface area contributed by atoms with Crippen LogP contribution >= 0.6 is 0 Å². The van der Waals surface area contributed by atoms with Crippen LogP contribution in [0.5, 0.6) is 11.5 Å². The van der Waals surface area contributed by atoms with Gasteiger partial charge in [0.1, 0.15) is 23.7 Å². The Balaban J connectivity index is 2.06. The highest BCUT2D eigenvalue weighted by molar-refractivity contribution is 5.82. The molecule has 3 rings (SSSR count). The van der Waals surface area contributed by atoms with Crippen LogP contribution in [-0.2, 0) is 29.5 Å². The number of benzene rings is 3. The second kappa shape index (κ2) is 14.4. The van der Waals surface area contributed by atoms with Crippen molar-refractivity contribution in [1.29, 1.82) is 0 Å². The van der Waals surface area contributed by atoms with E-state index in [1.807, 2.05) is 5.32 Å². The molecule has 0 radical (unpaired) electrons. The number of halogens is 3. The number of hydrogen-bond acceptors (Lipinski definition) is 7. The molecule has 1 atom stereocenters. The van der Waals surface area contributed by atoms with E-state index < -0.39 is 61.7 Å². The van der Waals surface area contributed by atoms with Crippen molar-refractivity contribution >= 4 is 17.8 Å². The standard InChI is InChI=1S/C30H30F3NO8/c1-39-24-12-8-21(9-13-24)29(20-6-4-3-5-7-20,22-10-14-25(40-2)15-11-22)42-19-23(34-28(38)30(31,32)33)18-41-27(37)17-16-26(35)36/h3-15,23H,16-19H2,1-2H3,(H,34,38)(H,35,36)/t23-/m1/s1. The van der Waals surface area contributed by atoms with Crippen molar-refractivity contribution in [3.63, 3.8) is 0 Å². The number of rotatable bonds is 14. The van der Waals surface area contributed by atoms with Gasteiger partial charge in [0.15, 0.2) is 0 Å². The Labute approximate surface area is 240 Å². The summed E-state index contributed by atoms with van der Waals surface area (Å²) in [5.41, 5.74) is 0.353. The predicted molar refractivity (Wildman–Crippen MR) is 144 cm³/mol. The first-order valence-electron chi connectivity index (χ1n) is 12.7. The summed E-state index contributed by atoms with van der Waals surface area (Å²) >= 11 is 0. The van der Waals surface area contributed by atoms with Crippen molar-refractivity contribution < 1.29 is 51.6 Å². The molecule has 0 aromatic heterocycles. The summed E-state index contributed by atoms with van der Waals surface area (Å²) in [4.78, 5) is 34.7. The zero-order valence-corrected chi connectivity index (χ0v) is 22.9. The lowest BCUT2D eigenvalue weighted by Gasteiger charge is -2.37. The Hall–Kier alpha value is -4.58. The highest BCUT2D eigenvalue weighted by atomic mass is 19.4. The molecule has 2 N–H and O–H groups in total. The quantitative estimate of drug-likeness (QED) is 0.209. The monoisotopic (exact) mass is 589 g/mol. The van der Waals surface area contributed by atoms with Crippen molar-refractivity contribution in [2.75, 3.05) is 27.4 Å². The minimum Gasteiger partial charge on any atom is -0.497 e. The third-order valence-electron chi connectivity index (χ3n) is 6.26. The molecule has 224 valence electrons. The van der Waals surface area contributed by atoms with E-state index in [0.29, 0.717) is 28.2 Å². The molecule has 0 aliphatic rings. The van der Waals surface area contributed by atoms with Crippen LogP contribution < -0.4 is 14.8 Å². The number of nitrogens with one attached hydrogen (secondary N) is 1. The minimum atomic E-state index is -5.21. The largest absolute Gasteiger partial charge is 0.497 e. The van der Waals surface area contributed by atoms with Crippen molar-refractivity contribution in [2.24, 2.45) is 0 Å². The SMILES string of the molecule is COc1ccc(C(OC[C@@H](COC(=O)CCC(=O)O)NC(=O)C(F)(F)F)(c2ccccc2)c2ccc(OC)cc2)cc1. The van der Waals surface area contributed by atoms with Gasteiger partial charge < -0.3 is 29.4 Å². The van der Waals surface area contributed by atoms with E-state index in [4.69, 9.17) is 24.1 Å². The van der Waals surface area contributed by atoms with Gasteiger partial charge in [-0.05, 0) is 41.0 Å². The molecule has 0 spiro atoms. The molecule has 1 amide bonds. The predicted octanol–water partition coefficient (Wildman–Crippen LogP) is 4.47. The number of carboxylic acids is 1. The lowest BCUT2D eigenvalue weighted by molar-refractivity contribution is -0.176. The maximum atomic E-state index is 13.2. The number of carbonyl (C=O) groups is 3. The lowest BCUT2D eigenvalue weighted by Crippen LogP contribution is -2.49. The maximum absolute atomic E-state index is 13.2. The molecular weight excluding hydrogens is 559 g/mol. The molecule has 9 nitrogen and oxygen atoms in total. The average Bonchev–Trinajstić information content (AvgIpc) is 2.99. The first kappa shape index (κ1) is 31.9. The van der Waals surface area contributed by atoms with Gasteiger partial charge in [-0.2, -0.15) is 13.2 Å². The van der Waals surface area contributed by atoms with Gasteiger partial charge in [-0.15, -0.1) is 0 Å². The highest BCUT2D eigenvalue weighted by Gasteiger charge is 2.42. The Morgan fingerprint density at radius 3 is 1.71 bits per heavy atom. The van der Waals surface area contributed by atoms with Gasteiger partial charge in [-0.25, -0.2) is 0 Å². The lowest BCUT2D eigenvalue weighted by atomic mass is 9.80. The van der Waals surface area contributed by atoms with Crippen LogP contribution in [0.3, 0.4) is 0 Å². The molecular formula is C30H30F3NO8. The fraction of sp³-hybridized carbons (Fsp3) is 0.300. The molecule has 0 aliphatic heterocycles. The van der Waals surface area contributed by atoms with Crippen LogP contribution in [0.25, 0.3) is 0 Å². The second-order valence-electron chi connectivity index (χ2n) is 9.06. The summed E-state index contributed by atoms with van der Waals surface area (Å²) in [5, 5.41) is 10.6. The summed E-state index contributed by atoms with van der Waals surface area (Å²) in [5.74, 6) is -3.35. The maximum Gasteiger partial charge on any atom is 0.471 e. The van der Waals surface area contributed by atoms with Crippen molar-refractivity contribution in [3.8, 4) is 11.5 Å². The average molecular weight is 590 g/mol. The first-order valence-corrected chi connectivity index (χ1v) is 12.7. The van der Waals surface area contributed by atoms with Gasteiger partial charge >= 0.3 is 24.0 Å². The molecule has 3 aromatic carbocycles. The smallest absolute Gasteiger partial charge is 0.471 e. The first-order chi connectivity index (χ1) is 20.0. The van der Waals surface area contributed by atoms with Crippen LogP contribution in [0.1, 0.15) is 29.5 Å². The number of hydrogen-bond donors (Lipinski definition) is 2. The fourth-order valence-electron chi connectivity index (χ4n) is 4.17. The zero-order chi connectivity index (χ0) is 30.8. The minimum absolute atomic E-state index is 0.498. The van der Waals surface area contributed by atoms with Gasteiger partial charge in [-0.1, -0.05) is 54.6 Å². The molecule has 12 heteroatoms. The molecule has 0 unspecified atom stereocenters. The molecule has 42 heavy (non-hydrogen) atoms. The van der Waals surface area contributed by atoms with Crippen molar-refractivity contribution in [1.82, 2.24) is 5.32 Å². The Morgan fingerprint density at radius 1 is 0.762 bits per heavy atom. The molecule has 3 aromatic rings. The van der Waals surface area contributed by atoms with Crippen LogP contribution in [0, 0.1) is 0 Å². The van der Waals surface area contributed by atoms with Crippen molar-refractivity contribution in [2.45, 2.75) is 30.7 Å². The Morgan fingerprint density at radius 2 is 1.26 bits per heavy atom. The summed E-state index contributed by atoms with van der Waals surface area (Å²) in [6.07, 6.45) is -6.24. The van der Waals surface area contributed by atoms with E-state index in [9.17, 15) is 27.6 Å². The van der Waals surface area contributed by atoms with E-state index in [1.54, 1.807) is 78.9 Å². The van der Waals surface area contributed by atoms with E-state index in [1.165, 1.54) is 14.2 Å². The number of esters is 1. The number of amides is 1. The molecule has 0 aliphatic carbocycles. The van der Waals surface area contributed by atoms with Crippen LogP contribution in [0.2, 0.25) is 0 Å². The fourth-order valence-corrected chi connectivity index (χ4v) is 4.17. The van der Waals surface area contributed by atoms with Crippen LogP contribution in [0.4, 0.5) is 13.2 Å². The molecule has 0 saturated carbocycles. The van der Waals surface area contributed by atoms with Gasteiger partial charge in [-0.3, -0.25) is 14.4 Å². The molecule has 0 saturated heterocycles. The third-order valence-corrected chi connectivity index (χ3v) is 6.26. The summed E-state index contributed by atoms with van der Waals surface area (Å²) in [6.45, 7) is -1.24. The molecule has 0 bridgehead atoms. The number of carboxylic acid groups (broad SMARTS) is 1. The number of aliphatic carboxylic acids is 1. The normalized spacial score (nSPS) is 12.2. The van der Waals surface area contributed by atoms with Gasteiger partial charge in [0.2, 0.25) is 0 Å². The number of methoxy groups -OCH3 is 2. The molecule has 0 heterocycles. The number of carbonyl (C=O) groups excluding carboxylic acids is 2. The summed E-state index contributed by atoms with van der Waals surface area (Å²) < 4.78 is 61.6. The zero-order valence-electron chi connectivity index (χ0n) is 22.9. The number of alkyl halides is 3. The summed E-state index contributed by atoms with van der Waals surface area (Å²) in [7, 11) is 3.01. The second-order valence-corrected chi connectivity index (χ2v) is 9.06. The van der Waals surface area contributed by atoms with Crippen LogP contribution in [0.15, 0.2) is 78.9 Å². The van der Waals surface area contributed by atoms with E-state index in [-0.39, 0.29) is 0 Å². The van der Waals surface area contributed by atoms with Gasteiger partial charge in [0, 0.05) is 0 Å². The van der Waals surface area contributed by atoms with E-state index in [0.717, 1.165) is 0 Å².